The molecule has 2 rings (SSSR count). The van der Waals surface area contributed by atoms with Gasteiger partial charge >= 0.3 is 0 Å². The molecule has 0 fully saturated rings. The minimum Gasteiger partial charge on any atom is -0.488 e. The van der Waals surface area contributed by atoms with E-state index < -0.39 is 0 Å². The van der Waals surface area contributed by atoms with Crippen molar-refractivity contribution in [3.8, 4) is 5.75 Å². The molecular weight excluding hydrogens is 372 g/mol. The SMILES string of the molecule is C=C(Cl)COc1ccc(C(=O)/C=C/c2csc(N(CC)C(C)=O)n2)cc1. The van der Waals surface area contributed by atoms with Crippen molar-refractivity contribution in [1.82, 2.24) is 4.98 Å². The lowest BCUT2D eigenvalue weighted by atomic mass is 10.1. The molecule has 0 aliphatic carbocycles. The van der Waals surface area contributed by atoms with Gasteiger partial charge in [0.15, 0.2) is 10.9 Å². The minimum absolute atomic E-state index is 0.0616. The molecule has 26 heavy (non-hydrogen) atoms. The van der Waals surface area contributed by atoms with E-state index in [1.165, 1.54) is 24.3 Å². The highest BCUT2D eigenvalue weighted by Crippen LogP contribution is 2.21. The molecule has 0 aliphatic rings. The van der Waals surface area contributed by atoms with Gasteiger partial charge in [-0.25, -0.2) is 4.98 Å². The maximum absolute atomic E-state index is 12.2. The highest BCUT2D eigenvalue weighted by atomic mass is 35.5. The number of carbonyl (C=O) groups excluding carboxylic acids is 2. The van der Waals surface area contributed by atoms with Gasteiger partial charge in [0.05, 0.1) is 5.69 Å². The number of thiazole rings is 1. The maximum Gasteiger partial charge on any atom is 0.225 e. The molecule has 0 unspecified atom stereocenters. The van der Waals surface area contributed by atoms with Gasteiger partial charge in [-0.05, 0) is 43.3 Å². The molecule has 0 radical (unpaired) electrons. The Morgan fingerprint density at radius 2 is 2.04 bits per heavy atom. The van der Waals surface area contributed by atoms with Crippen molar-refractivity contribution in [2.45, 2.75) is 13.8 Å². The zero-order valence-corrected chi connectivity index (χ0v) is 16.1. The summed E-state index contributed by atoms with van der Waals surface area (Å²) in [6.07, 6.45) is 3.09. The van der Waals surface area contributed by atoms with E-state index >= 15 is 0 Å². The molecule has 136 valence electrons. The predicted molar refractivity (Wildman–Crippen MR) is 106 cm³/mol. The summed E-state index contributed by atoms with van der Waals surface area (Å²) in [7, 11) is 0. The van der Waals surface area contributed by atoms with Crippen LogP contribution in [-0.2, 0) is 4.79 Å². The predicted octanol–water partition coefficient (Wildman–Crippen LogP) is 4.54. The second-order valence-electron chi connectivity index (χ2n) is 5.35. The molecular formula is C19H19ClN2O3S. The van der Waals surface area contributed by atoms with E-state index in [1.54, 1.807) is 40.6 Å². The number of benzene rings is 1. The van der Waals surface area contributed by atoms with Crippen LogP contribution in [0.3, 0.4) is 0 Å². The van der Waals surface area contributed by atoms with Crippen molar-refractivity contribution in [2.24, 2.45) is 0 Å². The molecule has 2 aromatic rings. The van der Waals surface area contributed by atoms with E-state index in [0.717, 1.165) is 0 Å². The fourth-order valence-corrected chi connectivity index (χ4v) is 3.06. The third-order valence-electron chi connectivity index (χ3n) is 3.38. The topological polar surface area (TPSA) is 59.5 Å². The van der Waals surface area contributed by atoms with E-state index in [-0.39, 0.29) is 18.3 Å². The van der Waals surface area contributed by atoms with Gasteiger partial charge in [-0.15, -0.1) is 11.3 Å². The van der Waals surface area contributed by atoms with Crippen molar-refractivity contribution in [3.05, 3.63) is 58.6 Å². The fourth-order valence-electron chi connectivity index (χ4n) is 2.10. The van der Waals surface area contributed by atoms with Gasteiger partial charge in [0.25, 0.3) is 0 Å². The van der Waals surface area contributed by atoms with Crippen LogP contribution in [0.1, 0.15) is 29.9 Å². The number of allylic oxidation sites excluding steroid dienone is 1. The Bertz CT molecular complexity index is 828. The summed E-state index contributed by atoms with van der Waals surface area (Å²) in [5.41, 5.74) is 1.17. The largest absolute Gasteiger partial charge is 0.488 e. The summed E-state index contributed by atoms with van der Waals surface area (Å²) in [5.74, 6) is 0.403. The number of amides is 1. The summed E-state index contributed by atoms with van der Waals surface area (Å²) in [4.78, 5) is 29.7. The van der Waals surface area contributed by atoms with E-state index in [2.05, 4.69) is 11.6 Å². The summed E-state index contributed by atoms with van der Waals surface area (Å²) in [6.45, 7) is 7.70. The monoisotopic (exact) mass is 390 g/mol. The smallest absolute Gasteiger partial charge is 0.225 e. The number of hydrogen-bond acceptors (Lipinski definition) is 5. The molecule has 1 aromatic carbocycles. The Morgan fingerprint density at radius 3 is 2.62 bits per heavy atom. The van der Waals surface area contributed by atoms with Crippen LogP contribution in [0.2, 0.25) is 0 Å². The molecule has 0 bridgehead atoms. The van der Waals surface area contributed by atoms with Gasteiger partial charge in [-0.3, -0.25) is 14.5 Å². The number of rotatable bonds is 8. The molecule has 0 saturated heterocycles. The molecule has 0 saturated carbocycles. The zero-order valence-electron chi connectivity index (χ0n) is 14.6. The second kappa shape index (κ2) is 9.31. The van der Waals surface area contributed by atoms with Crippen molar-refractivity contribution in [1.29, 1.82) is 0 Å². The van der Waals surface area contributed by atoms with E-state index in [1.807, 2.05) is 6.92 Å². The Hall–Kier alpha value is -2.44. The number of hydrogen-bond donors (Lipinski definition) is 0. The normalized spacial score (nSPS) is 10.7. The lowest BCUT2D eigenvalue weighted by Crippen LogP contribution is -2.27. The first kappa shape index (κ1) is 19.9. The molecule has 0 N–H and O–H groups in total. The average molecular weight is 391 g/mol. The Kier molecular flexibility index (Phi) is 7.12. The Balaban J connectivity index is 2.02. The molecule has 0 atom stereocenters. The molecule has 7 heteroatoms. The van der Waals surface area contributed by atoms with Crippen LogP contribution in [-0.4, -0.2) is 29.8 Å². The summed E-state index contributed by atoms with van der Waals surface area (Å²) < 4.78 is 5.38. The number of halogens is 1. The van der Waals surface area contributed by atoms with Crippen molar-refractivity contribution >= 4 is 45.8 Å². The summed E-state index contributed by atoms with van der Waals surface area (Å²) in [6, 6.07) is 6.77. The lowest BCUT2D eigenvalue weighted by molar-refractivity contribution is -0.116. The first-order chi connectivity index (χ1) is 12.4. The Labute approximate surface area is 161 Å². The lowest BCUT2D eigenvalue weighted by Gasteiger charge is -2.14. The highest BCUT2D eigenvalue weighted by molar-refractivity contribution is 7.14. The quantitative estimate of drug-likeness (QED) is 0.490. The van der Waals surface area contributed by atoms with Crippen molar-refractivity contribution < 1.29 is 14.3 Å². The standard InChI is InChI=1S/C19H19ClN2O3S/c1-4-22(14(3)23)19-21-16(12-26-19)7-10-18(24)15-5-8-17(9-6-15)25-11-13(2)20/h5-10,12H,2,4,11H2,1,3H3/b10-7+. The van der Waals surface area contributed by atoms with Crippen LogP contribution in [0.15, 0.2) is 47.3 Å². The average Bonchev–Trinajstić information content (AvgIpc) is 3.07. The van der Waals surface area contributed by atoms with E-state index in [0.29, 0.717) is 33.7 Å². The van der Waals surface area contributed by atoms with Gasteiger partial charge in [-0.2, -0.15) is 0 Å². The van der Waals surface area contributed by atoms with Crippen LogP contribution in [0, 0.1) is 0 Å². The number of nitrogens with zero attached hydrogens (tertiary/aromatic N) is 2. The van der Waals surface area contributed by atoms with Crippen LogP contribution in [0.25, 0.3) is 6.08 Å². The van der Waals surface area contributed by atoms with Crippen LogP contribution >= 0.6 is 22.9 Å². The van der Waals surface area contributed by atoms with Crippen LogP contribution < -0.4 is 9.64 Å². The van der Waals surface area contributed by atoms with Crippen LogP contribution in [0.5, 0.6) is 5.75 Å². The molecule has 1 amide bonds. The van der Waals surface area contributed by atoms with Gasteiger partial charge < -0.3 is 4.74 Å². The van der Waals surface area contributed by atoms with Crippen LogP contribution in [0.4, 0.5) is 5.13 Å². The van der Waals surface area contributed by atoms with E-state index in [9.17, 15) is 9.59 Å². The second-order valence-corrected chi connectivity index (χ2v) is 6.72. The highest BCUT2D eigenvalue weighted by Gasteiger charge is 2.12. The van der Waals surface area contributed by atoms with Gasteiger partial charge in [0.2, 0.25) is 5.91 Å². The third-order valence-corrected chi connectivity index (χ3v) is 4.37. The van der Waals surface area contributed by atoms with Crippen molar-refractivity contribution in [2.75, 3.05) is 18.1 Å². The van der Waals surface area contributed by atoms with Gasteiger partial charge in [-0.1, -0.05) is 18.2 Å². The number of ketones is 1. The third kappa shape index (κ3) is 5.54. The molecule has 1 heterocycles. The maximum atomic E-state index is 12.2. The fraction of sp³-hybridized carbons (Fsp3) is 0.211. The number of aromatic nitrogens is 1. The molecule has 1 aromatic heterocycles. The first-order valence-corrected chi connectivity index (χ1v) is 9.18. The minimum atomic E-state index is -0.147. The molecule has 0 spiro atoms. The Morgan fingerprint density at radius 1 is 1.35 bits per heavy atom. The van der Waals surface area contributed by atoms with Crippen molar-refractivity contribution in [3.63, 3.8) is 0 Å². The van der Waals surface area contributed by atoms with E-state index in [4.69, 9.17) is 16.3 Å². The number of carbonyl (C=O) groups is 2. The first-order valence-electron chi connectivity index (χ1n) is 7.93. The number of anilines is 1. The van der Waals surface area contributed by atoms with Gasteiger partial charge in [0.1, 0.15) is 12.4 Å². The van der Waals surface area contributed by atoms with Gasteiger partial charge in [0, 0.05) is 29.4 Å². The summed E-state index contributed by atoms with van der Waals surface area (Å²) in [5, 5.41) is 2.83. The molecule has 0 aliphatic heterocycles. The number of ether oxygens (including phenoxy) is 1. The molecule has 5 nitrogen and oxygen atoms in total. The zero-order chi connectivity index (χ0) is 19.1. The summed E-state index contributed by atoms with van der Waals surface area (Å²) >= 11 is 7.01.